The molecule has 4 rings (SSSR count). The van der Waals surface area contributed by atoms with Crippen molar-refractivity contribution < 1.29 is 23.8 Å². The summed E-state index contributed by atoms with van der Waals surface area (Å²) >= 11 is 6.39. The zero-order chi connectivity index (χ0) is 23.4. The molecule has 0 aliphatic carbocycles. The van der Waals surface area contributed by atoms with Crippen LogP contribution in [0.4, 0.5) is 0 Å². The van der Waals surface area contributed by atoms with Gasteiger partial charge >= 0.3 is 11.9 Å². The molecule has 0 aromatic heterocycles. The lowest BCUT2D eigenvalue weighted by Gasteiger charge is -2.13. The first-order valence-corrected chi connectivity index (χ1v) is 11.1. The van der Waals surface area contributed by atoms with Crippen molar-refractivity contribution in [3.63, 3.8) is 0 Å². The average molecular weight is 464 g/mol. The van der Waals surface area contributed by atoms with E-state index in [2.05, 4.69) is 4.99 Å². The minimum Gasteiger partial charge on any atom is -0.490 e. The molecule has 3 aromatic carbocycles. The van der Waals surface area contributed by atoms with E-state index in [1.807, 2.05) is 56.3 Å². The van der Waals surface area contributed by atoms with Gasteiger partial charge in [0.2, 0.25) is 5.90 Å². The summed E-state index contributed by atoms with van der Waals surface area (Å²) in [7, 11) is 0. The first kappa shape index (κ1) is 22.6. The molecule has 1 heterocycles. The van der Waals surface area contributed by atoms with Crippen molar-refractivity contribution in [3.05, 3.63) is 76.4 Å². The Bertz CT molecular complexity index is 1290. The van der Waals surface area contributed by atoms with Crippen LogP contribution < -0.4 is 9.47 Å². The molecule has 168 valence electrons. The lowest BCUT2D eigenvalue weighted by molar-refractivity contribution is -0.134. The fraction of sp³-hybridized carbons (Fsp3) is 0.192. The Morgan fingerprint density at radius 2 is 1.91 bits per heavy atom. The first-order valence-electron chi connectivity index (χ1n) is 10.7. The van der Waals surface area contributed by atoms with E-state index in [0.29, 0.717) is 24.3 Å². The van der Waals surface area contributed by atoms with Crippen molar-refractivity contribution in [1.29, 1.82) is 0 Å². The predicted octanol–water partition coefficient (Wildman–Crippen LogP) is 5.94. The summed E-state index contributed by atoms with van der Waals surface area (Å²) in [6, 6.07) is 16.8. The second-order valence-corrected chi connectivity index (χ2v) is 7.76. The Morgan fingerprint density at radius 1 is 1.12 bits per heavy atom. The lowest BCUT2D eigenvalue weighted by atomic mass is 10.0. The summed E-state index contributed by atoms with van der Waals surface area (Å²) in [4.78, 5) is 28.9. The second-order valence-electron chi connectivity index (χ2n) is 7.35. The number of aliphatic imine (C=N–C) groups is 1. The van der Waals surface area contributed by atoms with Gasteiger partial charge in [0.1, 0.15) is 0 Å². The molecule has 1 aliphatic heterocycles. The molecule has 0 N–H and O–H groups in total. The van der Waals surface area contributed by atoms with E-state index < -0.39 is 11.9 Å². The summed E-state index contributed by atoms with van der Waals surface area (Å²) < 4.78 is 16.5. The molecule has 0 radical (unpaired) electrons. The van der Waals surface area contributed by atoms with Gasteiger partial charge in [0, 0.05) is 12.0 Å². The summed E-state index contributed by atoms with van der Waals surface area (Å²) in [6.45, 7) is 4.04. The van der Waals surface area contributed by atoms with Gasteiger partial charge in [-0.3, -0.25) is 4.79 Å². The van der Waals surface area contributed by atoms with Crippen LogP contribution in [-0.4, -0.2) is 24.4 Å². The quantitative estimate of drug-likeness (QED) is 0.246. The number of nitrogens with zero attached hydrogens (tertiary/aromatic N) is 1. The summed E-state index contributed by atoms with van der Waals surface area (Å²) in [5.41, 5.74) is 1.43. The Balaban J connectivity index is 1.70. The molecule has 0 bridgehead atoms. The molecule has 0 saturated heterocycles. The highest BCUT2D eigenvalue weighted by Crippen LogP contribution is 2.38. The molecule has 1 aliphatic rings. The number of rotatable bonds is 7. The van der Waals surface area contributed by atoms with E-state index in [0.717, 1.165) is 16.3 Å². The number of carbonyl (C=O) groups is 2. The van der Waals surface area contributed by atoms with Gasteiger partial charge in [0.15, 0.2) is 17.2 Å². The van der Waals surface area contributed by atoms with Crippen molar-refractivity contribution in [1.82, 2.24) is 0 Å². The van der Waals surface area contributed by atoms with E-state index in [4.69, 9.17) is 25.8 Å². The molecule has 0 unspecified atom stereocenters. The van der Waals surface area contributed by atoms with Gasteiger partial charge in [-0.2, -0.15) is 0 Å². The number of hydrogen-bond acceptors (Lipinski definition) is 6. The van der Waals surface area contributed by atoms with Crippen LogP contribution >= 0.6 is 11.6 Å². The third kappa shape index (κ3) is 4.91. The highest BCUT2D eigenvalue weighted by Gasteiger charge is 2.26. The van der Waals surface area contributed by atoms with Crippen LogP contribution in [0.1, 0.15) is 37.8 Å². The number of ether oxygens (including phenoxy) is 3. The minimum atomic E-state index is -0.564. The standard InChI is InChI=1S/C26H22ClNO5/c1-3-8-23(29)32-24-20(27)13-16(15-22(24)31-4-2)14-21-26(30)33-25(28-21)19-12-7-10-17-9-5-6-11-18(17)19/h5-7,9-15H,3-4,8H2,1-2H3. The molecule has 0 spiro atoms. The zero-order valence-electron chi connectivity index (χ0n) is 18.3. The lowest BCUT2D eigenvalue weighted by Crippen LogP contribution is -2.09. The number of hydrogen-bond donors (Lipinski definition) is 0. The third-order valence-electron chi connectivity index (χ3n) is 4.95. The van der Waals surface area contributed by atoms with Crippen molar-refractivity contribution in [2.24, 2.45) is 4.99 Å². The van der Waals surface area contributed by atoms with Crippen LogP contribution in [0.15, 0.2) is 65.3 Å². The van der Waals surface area contributed by atoms with Crippen molar-refractivity contribution in [2.75, 3.05) is 6.61 Å². The molecular weight excluding hydrogens is 442 g/mol. The van der Waals surface area contributed by atoms with Crippen LogP contribution in [0, 0.1) is 0 Å². The average Bonchev–Trinajstić information content (AvgIpc) is 3.16. The molecular formula is C26H22ClNO5. The van der Waals surface area contributed by atoms with Crippen LogP contribution in [0.5, 0.6) is 11.5 Å². The highest BCUT2D eigenvalue weighted by atomic mass is 35.5. The molecule has 6 nitrogen and oxygen atoms in total. The number of cyclic esters (lactones) is 1. The van der Waals surface area contributed by atoms with E-state index >= 15 is 0 Å². The van der Waals surface area contributed by atoms with Gasteiger partial charge in [0.05, 0.1) is 11.6 Å². The van der Waals surface area contributed by atoms with Crippen LogP contribution in [0.3, 0.4) is 0 Å². The number of esters is 2. The van der Waals surface area contributed by atoms with Gasteiger partial charge in [-0.05, 0) is 54.0 Å². The highest BCUT2D eigenvalue weighted by molar-refractivity contribution is 6.32. The predicted molar refractivity (Wildman–Crippen MR) is 128 cm³/mol. The van der Waals surface area contributed by atoms with E-state index in [9.17, 15) is 9.59 Å². The molecule has 33 heavy (non-hydrogen) atoms. The fourth-order valence-electron chi connectivity index (χ4n) is 3.50. The number of halogens is 1. The summed E-state index contributed by atoms with van der Waals surface area (Å²) in [5.74, 6) is -0.246. The van der Waals surface area contributed by atoms with Gasteiger partial charge in [-0.25, -0.2) is 9.79 Å². The van der Waals surface area contributed by atoms with Crippen LogP contribution in [-0.2, 0) is 14.3 Å². The first-order chi connectivity index (χ1) is 16.0. The van der Waals surface area contributed by atoms with Gasteiger partial charge < -0.3 is 14.2 Å². The maximum atomic E-state index is 12.5. The second kappa shape index (κ2) is 9.88. The number of carbonyl (C=O) groups excluding carboxylic acids is 2. The van der Waals surface area contributed by atoms with Crippen LogP contribution in [0.2, 0.25) is 5.02 Å². The fourth-order valence-corrected chi connectivity index (χ4v) is 3.75. The van der Waals surface area contributed by atoms with E-state index in [1.165, 1.54) is 0 Å². The minimum absolute atomic E-state index is 0.132. The normalized spacial score (nSPS) is 14.3. The summed E-state index contributed by atoms with van der Waals surface area (Å²) in [6.07, 6.45) is 2.49. The Kier molecular flexibility index (Phi) is 6.75. The molecule has 3 aromatic rings. The monoisotopic (exact) mass is 463 g/mol. The maximum absolute atomic E-state index is 12.5. The molecule has 0 fully saturated rings. The number of fused-ring (bicyclic) bond motifs is 1. The Morgan fingerprint density at radius 3 is 2.70 bits per heavy atom. The smallest absolute Gasteiger partial charge is 0.363 e. The van der Waals surface area contributed by atoms with E-state index in [1.54, 1.807) is 18.2 Å². The van der Waals surface area contributed by atoms with Gasteiger partial charge in [-0.1, -0.05) is 54.9 Å². The molecule has 0 amide bonds. The van der Waals surface area contributed by atoms with E-state index in [-0.39, 0.29) is 28.8 Å². The van der Waals surface area contributed by atoms with Crippen molar-refractivity contribution in [2.45, 2.75) is 26.7 Å². The van der Waals surface area contributed by atoms with Crippen LogP contribution in [0.25, 0.3) is 16.8 Å². The molecule has 7 heteroatoms. The zero-order valence-corrected chi connectivity index (χ0v) is 19.0. The SMILES string of the molecule is CCCC(=O)Oc1c(Cl)cc(C=C2N=C(c3cccc4ccccc34)OC2=O)cc1OCC. The Labute approximate surface area is 196 Å². The topological polar surface area (TPSA) is 74.2 Å². The van der Waals surface area contributed by atoms with Crippen molar-refractivity contribution >= 4 is 46.3 Å². The van der Waals surface area contributed by atoms with Gasteiger partial charge in [0.25, 0.3) is 0 Å². The maximum Gasteiger partial charge on any atom is 0.363 e. The largest absolute Gasteiger partial charge is 0.490 e. The van der Waals surface area contributed by atoms with Gasteiger partial charge in [-0.15, -0.1) is 0 Å². The number of benzene rings is 3. The molecule has 0 saturated carbocycles. The summed E-state index contributed by atoms with van der Waals surface area (Å²) in [5, 5.41) is 2.15. The van der Waals surface area contributed by atoms with Crippen molar-refractivity contribution in [3.8, 4) is 11.5 Å². The third-order valence-corrected chi connectivity index (χ3v) is 5.23. The molecule has 0 atom stereocenters. The Hall–Kier alpha value is -3.64.